The van der Waals surface area contributed by atoms with E-state index in [0.29, 0.717) is 0 Å². The maximum Gasteiger partial charge on any atom is 0.334 e. The Balaban J connectivity index is 2.17. The van der Waals surface area contributed by atoms with Crippen LogP contribution < -0.4 is 0 Å². The zero-order valence-electron chi connectivity index (χ0n) is 8.13. The van der Waals surface area contributed by atoms with E-state index in [9.17, 15) is 0 Å². The molecule has 72 valence electrons. The molecule has 0 bridgehead atoms. The molecule has 0 amide bonds. The molecule has 0 aromatic heterocycles. The van der Waals surface area contributed by atoms with E-state index in [-0.39, 0.29) is 0 Å². The summed E-state index contributed by atoms with van der Waals surface area (Å²) in [7, 11) is 1.69. The molecule has 0 spiro atoms. The minimum atomic E-state index is -1.80. The van der Waals surface area contributed by atoms with Gasteiger partial charge in [-0.1, -0.05) is 0 Å². The third kappa shape index (κ3) is 2.55. The molecular formula is C8H18O3Si. The van der Waals surface area contributed by atoms with Crippen LogP contribution in [0.1, 0.15) is 6.42 Å². The molecule has 1 aliphatic heterocycles. The van der Waals surface area contributed by atoms with Gasteiger partial charge in [0.05, 0.1) is 13.2 Å². The molecule has 0 N–H and O–H groups in total. The quantitative estimate of drug-likeness (QED) is 0.613. The SMILES string of the molecule is CO[Si](C)(CCC1COC1)OC. The van der Waals surface area contributed by atoms with Gasteiger partial charge in [-0.15, -0.1) is 0 Å². The van der Waals surface area contributed by atoms with Crippen molar-refractivity contribution >= 4 is 8.56 Å². The van der Waals surface area contributed by atoms with Crippen molar-refractivity contribution in [3.8, 4) is 0 Å². The first-order valence-electron chi connectivity index (χ1n) is 4.38. The van der Waals surface area contributed by atoms with E-state index in [1.165, 1.54) is 6.42 Å². The number of hydrogen-bond acceptors (Lipinski definition) is 3. The lowest BCUT2D eigenvalue weighted by Crippen LogP contribution is -2.38. The van der Waals surface area contributed by atoms with E-state index in [4.69, 9.17) is 13.6 Å². The van der Waals surface area contributed by atoms with E-state index < -0.39 is 8.56 Å². The molecule has 0 atom stereocenters. The van der Waals surface area contributed by atoms with E-state index in [2.05, 4.69) is 6.55 Å². The van der Waals surface area contributed by atoms with Crippen molar-refractivity contribution in [2.24, 2.45) is 5.92 Å². The van der Waals surface area contributed by atoms with Crippen LogP contribution in [0, 0.1) is 5.92 Å². The highest BCUT2D eigenvalue weighted by Crippen LogP contribution is 2.22. The van der Waals surface area contributed by atoms with E-state index in [1.54, 1.807) is 14.2 Å². The van der Waals surface area contributed by atoms with Crippen LogP contribution in [0.5, 0.6) is 0 Å². The van der Waals surface area contributed by atoms with Gasteiger partial charge >= 0.3 is 8.56 Å². The van der Waals surface area contributed by atoms with Crippen LogP contribution in [0.4, 0.5) is 0 Å². The van der Waals surface area contributed by atoms with Crippen LogP contribution in [-0.2, 0) is 13.6 Å². The lowest BCUT2D eigenvalue weighted by molar-refractivity contribution is -0.0340. The van der Waals surface area contributed by atoms with Crippen molar-refractivity contribution in [3.05, 3.63) is 0 Å². The van der Waals surface area contributed by atoms with Gasteiger partial charge in [0.25, 0.3) is 0 Å². The van der Waals surface area contributed by atoms with Crippen molar-refractivity contribution in [3.63, 3.8) is 0 Å². The molecular weight excluding hydrogens is 172 g/mol. The molecule has 0 radical (unpaired) electrons. The first-order chi connectivity index (χ1) is 5.70. The predicted octanol–water partition coefficient (Wildman–Crippen LogP) is 1.39. The normalized spacial score (nSPS) is 19.2. The Morgan fingerprint density at radius 1 is 1.33 bits per heavy atom. The van der Waals surface area contributed by atoms with Crippen molar-refractivity contribution < 1.29 is 13.6 Å². The predicted molar refractivity (Wildman–Crippen MR) is 49.4 cm³/mol. The molecule has 1 rings (SSSR count). The standard InChI is InChI=1S/C8H18O3Si/c1-9-12(3,10-2)5-4-8-6-11-7-8/h8H,4-7H2,1-3H3. The monoisotopic (exact) mass is 190 g/mol. The maximum absolute atomic E-state index is 5.38. The molecule has 12 heavy (non-hydrogen) atoms. The smallest absolute Gasteiger partial charge is 0.334 e. The summed E-state index contributed by atoms with van der Waals surface area (Å²) in [4.78, 5) is 0. The van der Waals surface area contributed by atoms with Gasteiger partial charge in [0.2, 0.25) is 0 Å². The van der Waals surface area contributed by atoms with Gasteiger partial charge in [-0.25, -0.2) is 0 Å². The summed E-state index contributed by atoms with van der Waals surface area (Å²) in [6.07, 6.45) is 1.18. The van der Waals surface area contributed by atoms with Crippen molar-refractivity contribution in [2.45, 2.75) is 19.0 Å². The van der Waals surface area contributed by atoms with Crippen molar-refractivity contribution in [1.29, 1.82) is 0 Å². The van der Waals surface area contributed by atoms with Gasteiger partial charge in [-0.05, 0) is 19.0 Å². The third-order valence-electron chi connectivity index (χ3n) is 2.58. The van der Waals surface area contributed by atoms with Gasteiger partial charge in [-0.2, -0.15) is 0 Å². The van der Waals surface area contributed by atoms with E-state index in [0.717, 1.165) is 25.2 Å². The summed E-state index contributed by atoms with van der Waals surface area (Å²) in [5.41, 5.74) is 0. The summed E-state index contributed by atoms with van der Waals surface area (Å²) in [5, 5.41) is 0. The Kier molecular flexibility index (Phi) is 3.70. The lowest BCUT2D eigenvalue weighted by atomic mass is 10.1. The first kappa shape index (κ1) is 10.2. The number of rotatable bonds is 5. The molecule has 0 saturated carbocycles. The third-order valence-corrected chi connectivity index (χ3v) is 5.50. The van der Waals surface area contributed by atoms with Crippen LogP contribution in [0.3, 0.4) is 0 Å². The van der Waals surface area contributed by atoms with Crippen molar-refractivity contribution in [2.75, 3.05) is 27.4 Å². The van der Waals surface area contributed by atoms with Gasteiger partial charge < -0.3 is 13.6 Å². The molecule has 0 aromatic rings. The molecule has 1 fully saturated rings. The summed E-state index contributed by atoms with van der Waals surface area (Å²) in [5.74, 6) is 0.752. The van der Waals surface area contributed by atoms with Crippen LogP contribution in [0.25, 0.3) is 0 Å². The summed E-state index contributed by atoms with van der Waals surface area (Å²) in [6, 6.07) is 1.08. The molecule has 1 aliphatic rings. The topological polar surface area (TPSA) is 27.7 Å². The first-order valence-corrected chi connectivity index (χ1v) is 6.90. The minimum Gasteiger partial charge on any atom is -0.398 e. The summed E-state index contributed by atoms with van der Waals surface area (Å²) < 4.78 is 15.9. The molecule has 0 aliphatic carbocycles. The maximum atomic E-state index is 5.38. The molecule has 0 aromatic carbocycles. The van der Waals surface area contributed by atoms with Gasteiger partial charge in [0.15, 0.2) is 0 Å². The second-order valence-electron chi connectivity index (χ2n) is 3.48. The largest absolute Gasteiger partial charge is 0.398 e. The Labute approximate surface area is 75.3 Å². The summed E-state index contributed by atoms with van der Waals surface area (Å²) >= 11 is 0. The molecule has 1 saturated heterocycles. The van der Waals surface area contributed by atoms with E-state index in [1.807, 2.05) is 0 Å². The van der Waals surface area contributed by atoms with Crippen LogP contribution in [-0.4, -0.2) is 36.0 Å². The van der Waals surface area contributed by atoms with Crippen LogP contribution >= 0.6 is 0 Å². The fourth-order valence-corrected chi connectivity index (χ4v) is 2.71. The summed E-state index contributed by atoms with van der Waals surface area (Å²) in [6.45, 7) is 3.96. The minimum absolute atomic E-state index is 0.752. The fraction of sp³-hybridized carbons (Fsp3) is 1.00. The second-order valence-corrected chi connectivity index (χ2v) is 7.07. The Hall–Kier alpha value is 0.0969. The molecule has 3 nitrogen and oxygen atoms in total. The average molecular weight is 190 g/mol. The second kappa shape index (κ2) is 4.37. The Bertz CT molecular complexity index is 132. The van der Waals surface area contributed by atoms with Gasteiger partial charge in [0, 0.05) is 20.1 Å². The van der Waals surface area contributed by atoms with Gasteiger partial charge in [-0.3, -0.25) is 0 Å². The molecule has 4 heteroatoms. The van der Waals surface area contributed by atoms with Gasteiger partial charge in [0.1, 0.15) is 0 Å². The zero-order valence-corrected chi connectivity index (χ0v) is 9.13. The zero-order chi connectivity index (χ0) is 9.03. The van der Waals surface area contributed by atoms with E-state index >= 15 is 0 Å². The Morgan fingerprint density at radius 3 is 2.25 bits per heavy atom. The number of ether oxygens (including phenoxy) is 1. The molecule has 1 heterocycles. The average Bonchev–Trinajstić information content (AvgIpc) is 2.01. The Morgan fingerprint density at radius 2 is 1.92 bits per heavy atom. The highest BCUT2D eigenvalue weighted by molar-refractivity contribution is 6.65. The van der Waals surface area contributed by atoms with Crippen molar-refractivity contribution in [1.82, 2.24) is 0 Å². The molecule has 0 unspecified atom stereocenters. The highest BCUT2D eigenvalue weighted by atomic mass is 28.4. The lowest BCUT2D eigenvalue weighted by Gasteiger charge is -2.29. The highest BCUT2D eigenvalue weighted by Gasteiger charge is 2.31. The van der Waals surface area contributed by atoms with Crippen LogP contribution in [0.2, 0.25) is 12.6 Å². The fourth-order valence-electron chi connectivity index (χ4n) is 1.20. The number of hydrogen-bond donors (Lipinski definition) is 0. The van der Waals surface area contributed by atoms with Crippen LogP contribution in [0.15, 0.2) is 0 Å².